The van der Waals surface area contributed by atoms with Crippen LogP contribution in [0.2, 0.25) is 0 Å². The van der Waals surface area contributed by atoms with E-state index >= 15 is 0 Å². The average Bonchev–Trinajstić information content (AvgIpc) is 2.51. The summed E-state index contributed by atoms with van der Waals surface area (Å²) in [6.07, 6.45) is 1.70. The van der Waals surface area contributed by atoms with Gasteiger partial charge in [-0.2, -0.15) is 0 Å². The van der Waals surface area contributed by atoms with E-state index in [0.717, 1.165) is 33.0 Å². The standard InChI is InChI=1S/C17H15FN2S/c1-11-15(19)5-2-6-16(11)21-10-12-7-8-14(18)13-4-3-9-20-17(12)13/h2-9H,10,19H2,1H3. The van der Waals surface area contributed by atoms with Crippen LogP contribution >= 0.6 is 11.8 Å². The van der Waals surface area contributed by atoms with E-state index in [1.54, 1.807) is 36.2 Å². The molecule has 21 heavy (non-hydrogen) atoms. The van der Waals surface area contributed by atoms with Crippen LogP contribution in [0.5, 0.6) is 0 Å². The third-order valence-electron chi connectivity index (χ3n) is 3.51. The van der Waals surface area contributed by atoms with E-state index in [4.69, 9.17) is 5.73 Å². The zero-order valence-electron chi connectivity index (χ0n) is 11.6. The second-order valence-electron chi connectivity index (χ2n) is 4.87. The number of fused-ring (bicyclic) bond motifs is 1. The Morgan fingerprint density at radius 1 is 1.14 bits per heavy atom. The molecule has 106 valence electrons. The van der Waals surface area contributed by atoms with Gasteiger partial charge in [-0.1, -0.05) is 12.1 Å². The Hall–Kier alpha value is -2.07. The monoisotopic (exact) mass is 298 g/mol. The van der Waals surface area contributed by atoms with Gasteiger partial charge in [-0.25, -0.2) is 4.39 Å². The highest BCUT2D eigenvalue weighted by Crippen LogP contribution is 2.31. The van der Waals surface area contributed by atoms with Crippen LogP contribution in [-0.2, 0) is 5.75 Å². The maximum Gasteiger partial charge on any atom is 0.132 e. The predicted octanol–water partition coefficient (Wildman–Crippen LogP) is 4.56. The number of benzene rings is 2. The summed E-state index contributed by atoms with van der Waals surface area (Å²) in [7, 11) is 0. The molecule has 1 aromatic heterocycles. The van der Waals surface area contributed by atoms with Gasteiger partial charge in [-0.15, -0.1) is 11.8 Å². The van der Waals surface area contributed by atoms with Crippen LogP contribution in [0, 0.1) is 12.7 Å². The number of pyridine rings is 1. The fourth-order valence-corrected chi connectivity index (χ4v) is 3.31. The Balaban J connectivity index is 1.92. The van der Waals surface area contributed by atoms with Crippen LogP contribution in [0.3, 0.4) is 0 Å². The molecular weight excluding hydrogens is 283 g/mol. The maximum atomic E-state index is 13.8. The van der Waals surface area contributed by atoms with Crippen molar-refractivity contribution in [3.8, 4) is 0 Å². The highest BCUT2D eigenvalue weighted by molar-refractivity contribution is 7.98. The van der Waals surface area contributed by atoms with Gasteiger partial charge >= 0.3 is 0 Å². The molecule has 0 atom stereocenters. The van der Waals surface area contributed by atoms with Crippen molar-refractivity contribution < 1.29 is 4.39 Å². The molecule has 0 unspecified atom stereocenters. The highest BCUT2D eigenvalue weighted by Gasteiger charge is 2.08. The van der Waals surface area contributed by atoms with Gasteiger partial charge in [-0.05, 0) is 48.4 Å². The number of nitrogens with zero attached hydrogens (tertiary/aromatic N) is 1. The number of aromatic nitrogens is 1. The van der Waals surface area contributed by atoms with Gasteiger partial charge < -0.3 is 5.73 Å². The Bertz CT molecular complexity index is 802. The zero-order valence-corrected chi connectivity index (χ0v) is 12.5. The van der Waals surface area contributed by atoms with Crippen LogP contribution in [0.4, 0.5) is 10.1 Å². The number of nitrogens with two attached hydrogens (primary N) is 1. The topological polar surface area (TPSA) is 38.9 Å². The number of rotatable bonds is 3. The second kappa shape index (κ2) is 5.74. The van der Waals surface area contributed by atoms with Crippen LogP contribution in [0.1, 0.15) is 11.1 Å². The average molecular weight is 298 g/mol. The molecule has 3 rings (SSSR count). The number of anilines is 1. The van der Waals surface area contributed by atoms with E-state index in [9.17, 15) is 4.39 Å². The zero-order chi connectivity index (χ0) is 14.8. The summed E-state index contributed by atoms with van der Waals surface area (Å²) in [6.45, 7) is 2.01. The SMILES string of the molecule is Cc1c(N)cccc1SCc1ccc(F)c2cccnc12. The van der Waals surface area contributed by atoms with Crippen LogP contribution in [0.15, 0.2) is 53.6 Å². The minimum absolute atomic E-state index is 0.230. The summed E-state index contributed by atoms with van der Waals surface area (Å²) >= 11 is 1.69. The van der Waals surface area contributed by atoms with E-state index in [2.05, 4.69) is 11.1 Å². The summed E-state index contributed by atoms with van der Waals surface area (Å²) < 4.78 is 13.8. The van der Waals surface area contributed by atoms with E-state index < -0.39 is 0 Å². The molecule has 2 N–H and O–H groups in total. The Morgan fingerprint density at radius 2 is 2.00 bits per heavy atom. The Kier molecular flexibility index (Phi) is 3.80. The van der Waals surface area contributed by atoms with Gasteiger partial charge in [0.1, 0.15) is 5.82 Å². The quantitative estimate of drug-likeness (QED) is 0.569. The van der Waals surface area contributed by atoms with Crippen LogP contribution < -0.4 is 5.73 Å². The summed E-state index contributed by atoms with van der Waals surface area (Å²) in [5.41, 5.74) is 9.56. The molecule has 3 aromatic rings. The first-order valence-electron chi connectivity index (χ1n) is 6.67. The largest absolute Gasteiger partial charge is 0.398 e. The van der Waals surface area contributed by atoms with E-state index in [-0.39, 0.29) is 5.82 Å². The number of thioether (sulfide) groups is 1. The first kappa shape index (κ1) is 13.9. The fraction of sp³-hybridized carbons (Fsp3) is 0.118. The van der Waals surface area contributed by atoms with Gasteiger partial charge in [0.05, 0.1) is 5.52 Å². The number of hydrogen-bond acceptors (Lipinski definition) is 3. The molecule has 0 saturated heterocycles. The highest BCUT2D eigenvalue weighted by atomic mass is 32.2. The summed E-state index contributed by atoms with van der Waals surface area (Å²) in [5, 5.41) is 0.569. The second-order valence-corrected chi connectivity index (χ2v) is 5.88. The van der Waals surface area contributed by atoms with Crippen molar-refractivity contribution in [2.75, 3.05) is 5.73 Å². The van der Waals surface area contributed by atoms with Gasteiger partial charge in [-0.3, -0.25) is 4.98 Å². The molecule has 4 heteroatoms. The minimum Gasteiger partial charge on any atom is -0.398 e. The molecule has 0 saturated carbocycles. The number of halogens is 1. The molecule has 0 bridgehead atoms. The first-order valence-corrected chi connectivity index (χ1v) is 7.65. The maximum absolute atomic E-state index is 13.8. The van der Waals surface area contributed by atoms with Crippen molar-refractivity contribution in [3.05, 3.63) is 65.6 Å². The van der Waals surface area contributed by atoms with Crippen LogP contribution in [-0.4, -0.2) is 4.98 Å². The summed E-state index contributed by atoms with van der Waals surface area (Å²) in [4.78, 5) is 5.46. The third-order valence-corrected chi connectivity index (χ3v) is 4.72. The molecule has 1 heterocycles. The van der Waals surface area contributed by atoms with Crippen LogP contribution in [0.25, 0.3) is 10.9 Å². The van der Waals surface area contributed by atoms with Crippen molar-refractivity contribution in [2.24, 2.45) is 0 Å². The van der Waals surface area contributed by atoms with Gasteiger partial charge in [0.2, 0.25) is 0 Å². The van der Waals surface area contributed by atoms with Crippen molar-refractivity contribution in [2.45, 2.75) is 17.6 Å². The molecule has 0 aliphatic heterocycles. The predicted molar refractivity (Wildman–Crippen MR) is 86.9 cm³/mol. The van der Waals surface area contributed by atoms with E-state index in [0.29, 0.717) is 5.39 Å². The van der Waals surface area contributed by atoms with Crippen molar-refractivity contribution in [1.29, 1.82) is 0 Å². The number of nitrogen functional groups attached to an aromatic ring is 1. The van der Waals surface area contributed by atoms with Gasteiger partial charge in [0.25, 0.3) is 0 Å². The third kappa shape index (κ3) is 2.72. The lowest BCUT2D eigenvalue weighted by atomic mass is 10.1. The molecule has 2 nitrogen and oxygen atoms in total. The smallest absolute Gasteiger partial charge is 0.132 e. The van der Waals surface area contributed by atoms with E-state index in [1.807, 2.05) is 19.1 Å². The van der Waals surface area contributed by atoms with Crippen molar-refractivity contribution in [3.63, 3.8) is 0 Å². The number of hydrogen-bond donors (Lipinski definition) is 1. The molecule has 0 radical (unpaired) electrons. The Morgan fingerprint density at radius 3 is 2.86 bits per heavy atom. The normalized spacial score (nSPS) is 11.0. The minimum atomic E-state index is -0.230. The first-order chi connectivity index (χ1) is 10.2. The molecule has 2 aromatic carbocycles. The lowest BCUT2D eigenvalue weighted by molar-refractivity contribution is 0.639. The van der Waals surface area contributed by atoms with Gasteiger partial charge in [0, 0.05) is 27.9 Å². The summed E-state index contributed by atoms with van der Waals surface area (Å²) in [6, 6.07) is 12.7. The van der Waals surface area contributed by atoms with E-state index in [1.165, 1.54) is 6.07 Å². The summed E-state index contributed by atoms with van der Waals surface area (Å²) in [5.74, 6) is 0.505. The fourth-order valence-electron chi connectivity index (χ4n) is 2.26. The molecule has 0 fully saturated rings. The molecular formula is C17H15FN2S. The Labute approximate surface area is 127 Å². The lowest BCUT2D eigenvalue weighted by Gasteiger charge is -2.09. The molecule has 0 amide bonds. The van der Waals surface area contributed by atoms with Crippen molar-refractivity contribution in [1.82, 2.24) is 4.98 Å². The lowest BCUT2D eigenvalue weighted by Crippen LogP contribution is -1.93. The van der Waals surface area contributed by atoms with Gasteiger partial charge in [0.15, 0.2) is 0 Å². The molecule has 0 aliphatic carbocycles. The van der Waals surface area contributed by atoms with Crippen molar-refractivity contribution >= 4 is 28.4 Å². The molecule has 0 aliphatic rings. The molecule has 0 spiro atoms.